The third kappa shape index (κ3) is 3.57. The third-order valence-corrected chi connectivity index (χ3v) is 3.19. The molecule has 0 saturated carbocycles. The number of hydrogen-bond acceptors (Lipinski definition) is 3. The summed E-state index contributed by atoms with van der Waals surface area (Å²) in [6.45, 7) is 7.09. The Labute approximate surface area is 98.1 Å². The van der Waals surface area contributed by atoms with Gasteiger partial charge >= 0.3 is 0 Å². The molecule has 88 valence electrons. The topological polar surface area (TPSA) is 48.3 Å². The highest BCUT2D eigenvalue weighted by atomic mass is 32.2. The zero-order valence-corrected chi connectivity index (χ0v) is 10.6. The van der Waals surface area contributed by atoms with Crippen molar-refractivity contribution in [2.75, 3.05) is 0 Å². The average Bonchev–Trinajstić information content (AvgIpc) is 2.18. The van der Waals surface area contributed by atoms with Gasteiger partial charge in [-0.05, 0) is 39.8 Å². The van der Waals surface area contributed by atoms with Crippen molar-refractivity contribution in [3.05, 3.63) is 29.3 Å². The lowest BCUT2D eigenvalue weighted by Crippen LogP contribution is -2.25. The second-order valence-corrected chi connectivity index (χ2v) is 6.33. The summed E-state index contributed by atoms with van der Waals surface area (Å²) in [5.41, 5.74) is 0.821. The summed E-state index contributed by atoms with van der Waals surface area (Å²) in [6, 6.07) is 2.83. The molecule has 0 spiro atoms. The number of nitrogens with zero attached hydrogens (tertiary/aromatic N) is 2. The summed E-state index contributed by atoms with van der Waals surface area (Å²) in [5, 5.41) is 0. The maximum atomic E-state index is 12.9. The summed E-state index contributed by atoms with van der Waals surface area (Å²) >= 11 is -1.31. The minimum Gasteiger partial charge on any atom is -0.591 e. The van der Waals surface area contributed by atoms with Crippen molar-refractivity contribution in [3.63, 3.8) is 0 Å². The lowest BCUT2D eigenvalue weighted by atomic mass is 10.3. The number of rotatable bonds is 2. The average molecular weight is 242 g/mol. The minimum absolute atomic E-state index is 0.311. The molecule has 0 bridgehead atoms. The van der Waals surface area contributed by atoms with Gasteiger partial charge in [-0.3, -0.25) is 0 Å². The van der Waals surface area contributed by atoms with Crippen LogP contribution in [0.5, 0.6) is 0 Å². The van der Waals surface area contributed by atoms with Crippen LogP contribution in [0.4, 0.5) is 4.39 Å². The van der Waals surface area contributed by atoms with Crippen LogP contribution in [0.25, 0.3) is 0 Å². The van der Waals surface area contributed by atoms with Crippen molar-refractivity contribution >= 4 is 17.6 Å². The fourth-order valence-electron chi connectivity index (χ4n) is 0.895. The SMILES string of the molecule is Cc1nc(/C=N/[S+]([O-])C(C)(C)C)ccc1F. The van der Waals surface area contributed by atoms with E-state index in [0.717, 1.165) is 0 Å². The van der Waals surface area contributed by atoms with E-state index in [1.165, 1.54) is 18.3 Å². The van der Waals surface area contributed by atoms with E-state index in [2.05, 4.69) is 9.38 Å². The molecule has 0 aliphatic carbocycles. The molecule has 5 heteroatoms. The van der Waals surface area contributed by atoms with E-state index in [1.54, 1.807) is 6.92 Å². The normalized spacial score (nSPS) is 14.4. The predicted molar refractivity (Wildman–Crippen MR) is 64.4 cm³/mol. The molecule has 0 amide bonds. The molecule has 0 aliphatic heterocycles. The molecule has 16 heavy (non-hydrogen) atoms. The minimum atomic E-state index is -1.31. The standard InChI is InChI=1S/C11H15FN2OS/c1-8-10(12)6-5-9(14-8)7-13-16(15)11(2,3)4/h5-7H,1-4H3/b13-7+. The van der Waals surface area contributed by atoms with E-state index in [1.807, 2.05) is 20.8 Å². The zero-order valence-electron chi connectivity index (χ0n) is 9.82. The number of halogens is 1. The van der Waals surface area contributed by atoms with Gasteiger partial charge in [0.15, 0.2) is 0 Å². The highest BCUT2D eigenvalue weighted by Crippen LogP contribution is 2.16. The van der Waals surface area contributed by atoms with E-state index in [4.69, 9.17) is 0 Å². The van der Waals surface area contributed by atoms with Gasteiger partial charge in [-0.2, -0.15) is 0 Å². The van der Waals surface area contributed by atoms with Crippen molar-refractivity contribution < 1.29 is 8.94 Å². The van der Waals surface area contributed by atoms with Gasteiger partial charge < -0.3 is 4.55 Å². The first-order valence-electron chi connectivity index (χ1n) is 4.90. The molecule has 1 heterocycles. The van der Waals surface area contributed by atoms with Crippen LogP contribution in [0.15, 0.2) is 16.5 Å². The predicted octanol–water partition coefficient (Wildman–Crippen LogP) is 2.41. The zero-order chi connectivity index (χ0) is 12.3. The van der Waals surface area contributed by atoms with Crippen LogP contribution in [0.1, 0.15) is 32.2 Å². The van der Waals surface area contributed by atoms with Gasteiger partial charge in [0.25, 0.3) is 0 Å². The highest BCUT2D eigenvalue weighted by Gasteiger charge is 2.25. The van der Waals surface area contributed by atoms with Crippen molar-refractivity contribution in [1.82, 2.24) is 4.98 Å². The summed E-state index contributed by atoms with van der Waals surface area (Å²) in [6.07, 6.45) is 1.41. The van der Waals surface area contributed by atoms with E-state index in [-0.39, 0.29) is 5.82 Å². The van der Waals surface area contributed by atoms with Crippen LogP contribution in [-0.2, 0) is 11.4 Å². The Balaban J connectivity index is 2.81. The lowest BCUT2D eigenvalue weighted by Gasteiger charge is -2.17. The summed E-state index contributed by atoms with van der Waals surface area (Å²) in [4.78, 5) is 3.97. The molecule has 0 fully saturated rings. The Hall–Kier alpha value is -0.940. The van der Waals surface area contributed by atoms with Crippen molar-refractivity contribution in [1.29, 1.82) is 0 Å². The van der Waals surface area contributed by atoms with E-state index < -0.39 is 16.1 Å². The van der Waals surface area contributed by atoms with Crippen molar-refractivity contribution in [3.8, 4) is 0 Å². The number of aryl methyl sites for hydroxylation is 1. The Morgan fingerprint density at radius 2 is 2.06 bits per heavy atom. The molecule has 0 radical (unpaired) electrons. The van der Waals surface area contributed by atoms with Gasteiger partial charge in [0.1, 0.15) is 28.1 Å². The largest absolute Gasteiger partial charge is 0.591 e. The highest BCUT2D eigenvalue weighted by molar-refractivity contribution is 7.91. The molecule has 0 aliphatic rings. The maximum absolute atomic E-state index is 12.9. The Morgan fingerprint density at radius 3 is 2.56 bits per heavy atom. The van der Waals surface area contributed by atoms with Gasteiger partial charge in [-0.25, -0.2) is 9.37 Å². The van der Waals surface area contributed by atoms with Crippen LogP contribution in [-0.4, -0.2) is 20.5 Å². The fourth-order valence-corrected chi connectivity index (χ4v) is 1.42. The Morgan fingerprint density at radius 1 is 1.44 bits per heavy atom. The molecule has 0 saturated heterocycles. The Kier molecular flexibility index (Phi) is 4.04. The van der Waals surface area contributed by atoms with Crippen LogP contribution in [0.2, 0.25) is 0 Å². The van der Waals surface area contributed by atoms with Crippen LogP contribution < -0.4 is 0 Å². The quantitative estimate of drug-likeness (QED) is 0.590. The molecule has 0 N–H and O–H groups in total. The summed E-state index contributed by atoms with van der Waals surface area (Å²) in [7, 11) is 0. The van der Waals surface area contributed by atoms with Crippen molar-refractivity contribution in [2.24, 2.45) is 4.40 Å². The number of pyridine rings is 1. The fraction of sp³-hybridized carbons (Fsp3) is 0.455. The first-order valence-corrected chi connectivity index (χ1v) is 6.00. The molecule has 1 aromatic heterocycles. The van der Waals surface area contributed by atoms with Gasteiger partial charge in [0.05, 0.1) is 11.4 Å². The third-order valence-electron chi connectivity index (χ3n) is 1.85. The van der Waals surface area contributed by atoms with Gasteiger partial charge in [0, 0.05) is 0 Å². The molecule has 1 atom stereocenters. The second kappa shape index (κ2) is 4.93. The van der Waals surface area contributed by atoms with Crippen molar-refractivity contribution in [2.45, 2.75) is 32.4 Å². The van der Waals surface area contributed by atoms with Gasteiger partial charge in [0.2, 0.25) is 0 Å². The molecule has 1 unspecified atom stereocenters. The van der Waals surface area contributed by atoms with E-state index >= 15 is 0 Å². The van der Waals surface area contributed by atoms with Gasteiger partial charge in [-0.1, -0.05) is 4.40 Å². The monoisotopic (exact) mass is 242 g/mol. The smallest absolute Gasteiger partial charge is 0.144 e. The number of aromatic nitrogens is 1. The first-order chi connectivity index (χ1) is 7.30. The molecule has 1 aromatic rings. The molecule has 0 aromatic carbocycles. The van der Waals surface area contributed by atoms with E-state index in [9.17, 15) is 8.94 Å². The lowest BCUT2D eigenvalue weighted by molar-refractivity contribution is 0.562. The molecule has 3 nitrogen and oxygen atoms in total. The summed E-state index contributed by atoms with van der Waals surface area (Å²) < 4.78 is 28.0. The first kappa shape index (κ1) is 13.1. The number of hydrogen-bond donors (Lipinski definition) is 0. The summed E-state index contributed by atoms with van der Waals surface area (Å²) in [5.74, 6) is -0.353. The second-order valence-electron chi connectivity index (χ2n) is 4.40. The van der Waals surface area contributed by atoms with Gasteiger partial charge in [-0.15, -0.1) is 0 Å². The maximum Gasteiger partial charge on any atom is 0.144 e. The van der Waals surface area contributed by atoms with Crippen LogP contribution >= 0.6 is 0 Å². The van der Waals surface area contributed by atoms with Crippen LogP contribution in [0.3, 0.4) is 0 Å². The van der Waals surface area contributed by atoms with Crippen LogP contribution in [0, 0.1) is 12.7 Å². The van der Waals surface area contributed by atoms with E-state index in [0.29, 0.717) is 11.4 Å². The molecular weight excluding hydrogens is 227 g/mol. The molecular formula is C11H15FN2OS. The molecule has 1 rings (SSSR count). The Bertz CT molecular complexity index is 401.